The minimum absolute atomic E-state index is 0.889. The number of fused-ring (bicyclic) bond motifs is 14. The van der Waals surface area contributed by atoms with Crippen LogP contribution in [0.25, 0.3) is 96.3 Å². The van der Waals surface area contributed by atoms with Crippen molar-refractivity contribution < 1.29 is 4.42 Å². The van der Waals surface area contributed by atoms with E-state index in [2.05, 4.69) is 193 Å². The molecular formula is C52H31NOS. The number of thiophene rings is 1. The Kier molecular flexibility index (Phi) is 6.54. The van der Waals surface area contributed by atoms with E-state index in [9.17, 15) is 0 Å². The molecule has 2 aromatic heterocycles. The monoisotopic (exact) mass is 717 g/mol. The van der Waals surface area contributed by atoms with Gasteiger partial charge in [-0.3, -0.25) is 0 Å². The minimum Gasteiger partial charge on any atom is -0.455 e. The van der Waals surface area contributed by atoms with E-state index in [0.29, 0.717) is 0 Å². The molecule has 12 rings (SSSR count). The molecule has 0 fully saturated rings. The zero-order valence-electron chi connectivity index (χ0n) is 29.7. The van der Waals surface area contributed by atoms with Crippen LogP contribution in [0.5, 0.6) is 0 Å². The van der Waals surface area contributed by atoms with Crippen LogP contribution in [0.15, 0.2) is 192 Å². The zero-order chi connectivity index (χ0) is 36.0. The van der Waals surface area contributed by atoms with Crippen LogP contribution in [0, 0.1) is 0 Å². The maximum absolute atomic E-state index is 6.96. The van der Waals surface area contributed by atoms with E-state index in [1.54, 1.807) is 0 Å². The highest BCUT2D eigenvalue weighted by atomic mass is 32.1. The van der Waals surface area contributed by atoms with Crippen molar-refractivity contribution >= 4 is 114 Å². The van der Waals surface area contributed by atoms with E-state index < -0.39 is 0 Å². The molecule has 0 bridgehead atoms. The lowest BCUT2D eigenvalue weighted by Crippen LogP contribution is -2.10. The summed E-state index contributed by atoms with van der Waals surface area (Å²) in [5.74, 6) is 0. The third-order valence-corrected chi connectivity index (χ3v) is 12.6. The summed E-state index contributed by atoms with van der Waals surface area (Å²) in [5.41, 5.74) is 7.42. The average molecular weight is 718 g/mol. The van der Waals surface area contributed by atoms with Gasteiger partial charge in [-0.25, -0.2) is 0 Å². The third-order valence-electron chi connectivity index (χ3n) is 11.4. The van der Waals surface area contributed by atoms with Crippen molar-refractivity contribution in [2.24, 2.45) is 0 Å². The summed E-state index contributed by atoms with van der Waals surface area (Å²) in [4.78, 5) is 2.45. The maximum Gasteiger partial charge on any atom is 0.145 e. The molecule has 2 nitrogen and oxygen atoms in total. The van der Waals surface area contributed by atoms with Crippen molar-refractivity contribution in [3.63, 3.8) is 0 Å². The van der Waals surface area contributed by atoms with Crippen molar-refractivity contribution in [1.82, 2.24) is 0 Å². The Balaban J connectivity index is 1.19. The van der Waals surface area contributed by atoms with Gasteiger partial charge in [0, 0.05) is 47.7 Å². The van der Waals surface area contributed by atoms with Crippen LogP contribution in [0.4, 0.5) is 17.1 Å². The molecule has 0 saturated heterocycles. The van der Waals surface area contributed by atoms with Gasteiger partial charge < -0.3 is 9.32 Å². The molecule has 0 aliphatic heterocycles. The lowest BCUT2D eigenvalue weighted by atomic mass is 9.93. The van der Waals surface area contributed by atoms with Gasteiger partial charge in [-0.05, 0) is 103 Å². The Morgan fingerprint density at radius 3 is 1.76 bits per heavy atom. The Labute approximate surface area is 320 Å². The number of nitrogens with zero attached hydrogens (tertiary/aromatic N) is 1. The topological polar surface area (TPSA) is 16.4 Å². The average Bonchev–Trinajstić information content (AvgIpc) is 3.83. The highest BCUT2D eigenvalue weighted by Crippen LogP contribution is 2.48. The Bertz CT molecular complexity index is 3470. The number of furan rings is 1. The van der Waals surface area contributed by atoms with Crippen LogP contribution in [-0.2, 0) is 0 Å². The lowest BCUT2D eigenvalue weighted by molar-refractivity contribution is 0.673. The van der Waals surface area contributed by atoms with Gasteiger partial charge in [0.15, 0.2) is 0 Å². The first-order valence-electron chi connectivity index (χ1n) is 18.8. The normalized spacial score (nSPS) is 12.0. The van der Waals surface area contributed by atoms with Gasteiger partial charge in [-0.1, -0.05) is 133 Å². The molecule has 0 radical (unpaired) electrons. The summed E-state index contributed by atoms with van der Waals surface area (Å²) in [6.07, 6.45) is 0. The second kappa shape index (κ2) is 11.8. The summed E-state index contributed by atoms with van der Waals surface area (Å²) in [6.45, 7) is 0. The van der Waals surface area contributed by atoms with E-state index in [1.807, 2.05) is 11.3 Å². The second-order valence-corrected chi connectivity index (χ2v) is 15.5. The van der Waals surface area contributed by atoms with Crippen molar-refractivity contribution in [1.29, 1.82) is 0 Å². The first-order valence-corrected chi connectivity index (χ1v) is 19.6. The van der Waals surface area contributed by atoms with Gasteiger partial charge in [0.1, 0.15) is 11.2 Å². The van der Waals surface area contributed by atoms with Gasteiger partial charge >= 0.3 is 0 Å². The van der Waals surface area contributed by atoms with E-state index >= 15 is 0 Å². The predicted octanol–water partition coefficient (Wildman–Crippen LogP) is 15.7. The molecule has 0 atom stereocenters. The molecule has 0 unspecified atom stereocenters. The molecule has 0 spiro atoms. The van der Waals surface area contributed by atoms with Crippen LogP contribution < -0.4 is 4.90 Å². The Hall–Kier alpha value is -6.94. The molecular weight excluding hydrogens is 687 g/mol. The Morgan fingerprint density at radius 2 is 0.982 bits per heavy atom. The number of rotatable bonds is 4. The van der Waals surface area contributed by atoms with Crippen molar-refractivity contribution in [2.75, 3.05) is 4.90 Å². The largest absolute Gasteiger partial charge is 0.455 e. The van der Waals surface area contributed by atoms with Crippen molar-refractivity contribution in [3.05, 3.63) is 188 Å². The highest BCUT2D eigenvalue weighted by Gasteiger charge is 2.22. The van der Waals surface area contributed by atoms with E-state index in [4.69, 9.17) is 4.42 Å². The first-order chi connectivity index (χ1) is 27.3. The molecule has 0 aliphatic rings. The van der Waals surface area contributed by atoms with E-state index in [0.717, 1.165) is 49.8 Å². The van der Waals surface area contributed by atoms with Crippen LogP contribution in [0.1, 0.15) is 0 Å². The van der Waals surface area contributed by atoms with Crippen molar-refractivity contribution in [3.8, 4) is 11.1 Å². The SMILES string of the molecule is c1ccc(-c2cccc3oc4c(ccc5cccc(N(c6ccc7sc8ccccc8c7c6)c6ccc7c8ccccc8c8ccccc8c7c6)c54)c23)cc1. The highest BCUT2D eigenvalue weighted by molar-refractivity contribution is 7.25. The van der Waals surface area contributed by atoms with Crippen molar-refractivity contribution in [2.45, 2.75) is 0 Å². The Morgan fingerprint density at radius 1 is 0.382 bits per heavy atom. The fourth-order valence-corrected chi connectivity index (χ4v) is 10.1. The third kappa shape index (κ3) is 4.54. The molecule has 3 heteroatoms. The smallest absolute Gasteiger partial charge is 0.145 e. The van der Waals surface area contributed by atoms with E-state index in [-0.39, 0.29) is 0 Å². The molecule has 12 aromatic rings. The van der Waals surface area contributed by atoms with Gasteiger partial charge in [0.25, 0.3) is 0 Å². The van der Waals surface area contributed by atoms with Gasteiger partial charge in [-0.2, -0.15) is 0 Å². The lowest BCUT2D eigenvalue weighted by Gasteiger charge is -2.27. The standard InChI is InChI=1S/C52H31NOS/c1-2-12-32(13-3-1)36-20-11-22-47-51(36)43-27-24-33-14-10-21-46(50(33)52(43)54-47)53(35-26-29-49-45(31-35)42-19-8-9-23-48(42)55-49)34-25-28-41-39-17-5-4-15-37(39)38-16-6-7-18-40(38)44(41)30-34/h1-31H. The summed E-state index contributed by atoms with van der Waals surface area (Å²) >= 11 is 1.85. The fourth-order valence-electron chi connectivity index (χ4n) is 8.99. The summed E-state index contributed by atoms with van der Waals surface area (Å²) in [6, 6.07) is 68.5. The molecule has 55 heavy (non-hydrogen) atoms. The van der Waals surface area contributed by atoms with Crippen LogP contribution in [-0.4, -0.2) is 0 Å². The first kappa shape index (κ1) is 30.5. The predicted molar refractivity (Wildman–Crippen MR) is 237 cm³/mol. The molecule has 0 saturated carbocycles. The minimum atomic E-state index is 0.889. The summed E-state index contributed by atoms with van der Waals surface area (Å²) < 4.78 is 9.54. The number of hydrogen-bond donors (Lipinski definition) is 0. The number of anilines is 3. The van der Waals surface area contributed by atoms with E-state index in [1.165, 1.54) is 63.6 Å². The molecule has 10 aromatic carbocycles. The molecule has 0 N–H and O–H groups in total. The fraction of sp³-hybridized carbons (Fsp3) is 0. The molecule has 0 aliphatic carbocycles. The number of hydrogen-bond acceptors (Lipinski definition) is 3. The van der Waals surface area contributed by atoms with Gasteiger partial charge in [-0.15, -0.1) is 11.3 Å². The summed E-state index contributed by atoms with van der Waals surface area (Å²) in [5, 5.41) is 14.6. The number of benzene rings is 10. The van der Waals surface area contributed by atoms with Crippen LogP contribution in [0.3, 0.4) is 0 Å². The molecule has 256 valence electrons. The molecule has 0 amide bonds. The van der Waals surface area contributed by atoms with Crippen LogP contribution in [0.2, 0.25) is 0 Å². The maximum atomic E-state index is 6.96. The molecule has 2 heterocycles. The quantitative estimate of drug-likeness (QED) is 0.169. The second-order valence-electron chi connectivity index (χ2n) is 14.4. The zero-order valence-corrected chi connectivity index (χ0v) is 30.5. The van der Waals surface area contributed by atoms with Crippen LogP contribution >= 0.6 is 11.3 Å². The van der Waals surface area contributed by atoms with Gasteiger partial charge in [0.2, 0.25) is 0 Å². The van der Waals surface area contributed by atoms with Gasteiger partial charge in [0.05, 0.1) is 5.69 Å². The summed E-state index contributed by atoms with van der Waals surface area (Å²) in [7, 11) is 0.